The lowest BCUT2D eigenvalue weighted by molar-refractivity contribution is 0.0756. The molecule has 0 unspecified atom stereocenters. The number of hydrogen-bond acceptors (Lipinski definition) is 3. The van der Waals surface area contributed by atoms with Gasteiger partial charge in [-0.2, -0.15) is 5.10 Å². The lowest BCUT2D eigenvalue weighted by Crippen LogP contribution is -2.25. The van der Waals surface area contributed by atoms with Gasteiger partial charge in [-0.05, 0) is 44.5 Å². The highest BCUT2D eigenvalue weighted by atomic mass is 35.5. The van der Waals surface area contributed by atoms with Crippen LogP contribution in [0.2, 0.25) is 10.0 Å². The highest BCUT2D eigenvalue weighted by Crippen LogP contribution is 2.29. The van der Waals surface area contributed by atoms with Crippen LogP contribution in [0.4, 0.5) is 0 Å². The monoisotopic (exact) mass is 355 g/mol. The summed E-state index contributed by atoms with van der Waals surface area (Å²) in [6.45, 7) is 5.12. The van der Waals surface area contributed by atoms with E-state index in [4.69, 9.17) is 27.9 Å². The van der Waals surface area contributed by atoms with Gasteiger partial charge in [0, 0.05) is 23.7 Å². The van der Waals surface area contributed by atoms with Crippen molar-refractivity contribution in [1.29, 1.82) is 0 Å². The molecule has 5 nitrogen and oxygen atoms in total. The predicted molar refractivity (Wildman–Crippen MR) is 92.1 cm³/mol. The van der Waals surface area contributed by atoms with E-state index in [-0.39, 0.29) is 12.0 Å². The van der Waals surface area contributed by atoms with Gasteiger partial charge < -0.3 is 10.1 Å². The van der Waals surface area contributed by atoms with Gasteiger partial charge in [0.05, 0.1) is 16.8 Å². The van der Waals surface area contributed by atoms with Crippen LogP contribution >= 0.6 is 23.2 Å². The average Bonchev–Trinajstić information content (AvgIpc) is 2.96. The quantitative estimate of drug-likeness (QED) is 0.739. The van der Waals surface area contributed by atoms with Crippen molar-refractivity contribution >= 4 is 29.1 Å². The van der Waals surface area contributed by atoms with Crippen LogP contribution in [-0.4, -0.2) is 35.4 Å². The van der Waals surface area contributed by atoms with E-state index in [0.29, 0.717) is 34.6 Å². The van der Waals surface area contributed by atoms with Crippen molar-refractivity contribution in [1.82, 2.24) is 15.5 Å². The van der Waals surface area contributed by atoms with E-state index >= 15 is 0 Å². The standard InChI is InChI=1S/C16H19Cl2N3O2/c1-10(2)23-7-3-6-19-16(22)15-9-14(20-21-15)12-5-4-11(17)8-13(12)18/h4-5,8-10H,3,6-7H2,1-2H3,(H,19,22)(H,20,21). The number of carbonyl (C=O) groups excluding carboxylic acids is 1. The Bertz CT molecular complexity index is 671. The number of hydrogen-bond donors (Lipinski definition) is 2. The Balaban J connectivity index is 1.92. The van der Waals surface area contributed by atoms with Crippen LogP contribution in [0, 0.1) is 0 Å². The first kappa shape index (κ1) is 17.8. The largest absolute Gasteiger partial charge is 0.379 e. The molecule has 1 aromatic carbocycles. The fraction of sp³-hybridized carbons (Fsp3) is 0.375. The molecule has 0 aliphatic heterocycles. The zero-order valence-electron chi connectivity index (χ0n) is 13.0. The van der Waals surface area contributed by atoms with Gasteiger partial charge in [0.2, 0.25) is 0 Å². The molecular weight excluding hydrogens is 337 g/mol. The number of H-pyrrole nitrogens is 1. The molecule has 2 aromatic rings. The van der Waals surface area contributed by atoms with Crippen molar-refractivity contribution in [2.24, 2.45) is 0 Å². The third-order valence-electron chi connectivity index (χ3n) is 3.09. The molecule has 0 aliphatic carbocycles. The molecule has 0 bridgehead atoms. The van der Waals surface area contributed by atoms with E-state index in [1.54, 1.807) is 24.3 Å². The van der Waals surface area contributed by atoms with Gasteiger partial charge >= 0.3 is 0 Å². The number of rotatable bonds is 7. The summed E-state index contributed by atoms with van der Waals surface area (Å²) >= 11 is 12.0. The smallest absolute Gasteiger partial charge is 0.269 e. The highest BCUT2D eigenvalue weighted by Gasteiger charge is 2.12. The van der Waals surface area contributed by atoms with Crippen molar-refractivity contribution in [2.75, 3.05) is 13.2 Å². The number of benzene rings is 1. The number of halogens is 2. The fourth-order valence-electron chi connectivity index (χ4n) is 1.96. The molecule has 23 heavy (non-hydrogen) atoms. The molecule has 2 rings (SSSR count). The Hall–Kier alpha value is -1.56. The van der Waals surface area contributed by atoms with Crippen molar-refractivity contribution in [3.8, 4) is 11.3 Å². The molecule has 0 atom stereocenters. The molecule has 0 fully saturated rings. The number of ether oxygens (including phenoxy) is 1. The first-order chi connectivity index (χ1) is 11.0. The summed E-state index contributed by atoms with van der Waals surface area (Å²) in [5.74, 6) is -0.210. The van der Waals surface area contributed by atoms with Gasteiger partial charge in [0.25, 0.3) is 5.91 Å². The highest BCUT2D eigenvalue weighted by molar-refractivity contribution is 6.36. The maximum absolute atomic E-state index is 12.0. The van der Waals surface area contributed by atoms with E-state index in [1.165, 1.54) is 0 Å². The minimum Gasteiger partial charge on any atom is -0.379 e. The van der Waals surface area contributed by atoms with Gasteiger partial charge in [-0.3, -0.25) is 9.89 Å². The summed E-state index contributed by atoms with van der Waals surface area (Å²) in [5.41, 5.74) is 1.70. The number of nitrogens with one attached hydrogen (secondary N) is 2. The molecule has 0 radical (unpaired) electrons. The summed E-state index contributed by atoms with van der Waals surface area (Å²) in [7, 11) is 0. The van der Waals surface area contributed by atoms with Crippen LogP contribution in [0.15, 0.2) is 24.3 Å². The van der Waals surface area contributed by atoms with Gasteiger partial charge in [-0.25, -0.2) is 0 Å². The minimum atomic E-state index is -0.210. The zero-order valence-corrected chi connectivity index (χ0v) is 14.5. The lowest BCUT2D eigenvalue weighted by atomic mass is 10.1. The first-order valence-electron chi connectivity index (χ1n) is 7.38. The van der Waals surface area contributed by atoms with Crippen LogP contribution in [0.3, 0.4) is 0 Å². The molecule has 1 amide bonds. The Morgan fingerprint density at radius 1 is 1.35 bits per heavy atom. The molecule has 2 N–H and O–H groups in total. The van der Waals surface area contributed by atoms with E-state index in [2.05, 4.69) is 15.5 Å². The molecule has 1 heterocycles. The summed E-state index contributed by atoms with van der Waals surface area (Å²) in [6.07, 6.45) is 0.957. The van der Waals surface area contributed by atoms with Crippen molar-refractivity contribution in [3.05, 3.63) is 40.0 Å². The Morgan fingerprint density at radius 2 is 2.13 bits per heavy atom. The number of amides is 1. The van der Waals surface area contributed by atoms with E-state index in [0.717, 1.165) is 12.0 Å². The maximum atomic E-state index is 12.0. The van der Waals surface area contributed by atoms with Crippen molar-refractivity contribution < 1.29 is 9.53 Å². The Morgan fingerprint density at radius 3 is 2.83 bits per heavy atom. The lowest BCUT2D eigenvalue weighted by Gasteiger charge is -2.07. The molecule has 0 aliphatic rings. The van der Waals surface area contributed by atoms with Crippen molar-refractivity contribution in [2.45, 2.75) is 26.4 Å². The molecule has 0 saturated heterocycles. The number of aromatic nitrogens is 2. The first-order valence-corrected chi connectivity index (χ1v) is 8.13. The van der Waals surface area contributed by atoms with Crippen LogP contribution in [0.1, 0.15) is 30.8 Å². The third kappa shape index (κ3) is 5.23. The molecule has 0 saturated carbocycles. The molecule has 124 valence electrons. The van der Waals surface area contributed by atoms with Gasteiger partial charge in [0.15, 0.2) is 0 Å². The Kier molecular flexibility index (Phi) is 6.45. The SMILES string of the molecule is CC(C)OCCCNC(=O)c1cc(-c2ccc(Cl)cc2Cl)n[nH]1. The molecule has 1 aromatic heterocycles. The topological polar surface area (TPSA) is 67.0 Å². The van der Waals surface area contributed by atoms with Crippen LogP contribution in [-0.2, 0) is 4.74 Å². The summed E-state index contributed by atoms with van der Waals surface area (Å²) < 4.78 is 5.42. The number of aromatic amines is 1. The van der Waals surface area contributed by atoms with Gasteiger partial charge in [-0.15, -0.1) is 0 Å². The second kappa shape index (κ2) is 8.34. The molecule has 7 heteroatoms. The second-order valence-electron chi connectivity index (χ2n) is 5.32. The maximum Gasteiger partial charge on any atom is 0.269 e. The average molecular weight is 356 g/mol. The van der Waals surface area contributed by atoms with E-state index < -0.39 is 0 Å². The van der Waals surface area contributed by atoms with Gasteiger partial charge in [0.1, 0.15) is 5.69 Å². The zero-order chi connectivity index (χ0) is 16.8. The normalized spacial score (nSPS) is 11.0. The van der Waals surface area contributed by atoms with Crippen LogP contribution in [0.5, 0.6) is 0 Å². The van der Waals surface area contributed by atoms with Crippen LogP contribution < -0.4 is 5.32 Å². The van der Waals surface area contributed by atoms with E-state index in [1.807, 2.05) is 13.8 Å². The predicted octanol–water partition coefficient (Wildman–Crippen LogP) is 3.93. The molecule has 0 spiro atoms. The van der Waals surface area contributed by atoms with E-state index in [9.17, 15) is 4.79 Å². The van der Waals surface area contributed by atoms with Gasteiger partial charge in [-0.1, -0.05) is 23.2 Å². The number of carbonyl (C=O) groups is 1. The summed E-state index contributed by atoms with van der Waals surface area (Å²) in [6, 6.07) is 6.80. The summed E-state index contributed by atoms with van der Waals surface area (Å²) in [4.78, 5) is 12.0. The van der Waals surface area contributed by atoms with Crippen molar-refractivity contribution in [3.63, 3.8) is 0 Å². The summed E-state index contributed by atoms with van der Waals surface area (Å²) in [5, 5.41) is 10.7. The Labute approximate surface area is 145 Å². The fourth-order valence-corrected chi connectivity index (χ4v) is 2.47. The second-order valence-corrected chi connectivity index (χ2v) is 6.16. The third-order valence-corrected chi connectivity index (χ3v) is 3.64. The molecular formula is C16H19Cl2N3O2. The minimum absolute atomic E-state index is 0.199. The van der Waals surface area contributed by atoms with Crippen LogP contribution in [0.25, 0.3) is 11.3 Å². The number of nitrogens with zero attached hydrogens (tertiary/aromatic N) is 1.